The number of hydrogen-bond donors (Lipinski definition) is 1. The highest BCUT2D eigenvalue weighted by molar-refractivity contribution is 7.89. The standard InChI is InChI=1S/C12H15NO2S/c1-2-3-7-11-9-10-6-4-5-8-12(10)16(14,15)13-11/h4-6,8-9,13H,2-3,7H2,1H3. The molecule has 0 saturated carbocycles. The van der Waals surface area contributed by atoms with Gasteiger partial charge in [0.05, 0.1) is 4.90 Å². The molecular formula is C12H15NO2S. The summed E-state index contributed by atoms with van der Waals surface area (Å²) in [5, 5.41) is 0. The van der Waals surface area contributed by atoms with E-state index < -0.39 is 10.0 Å². The molecule has 2 rings (SSSR count). The van der Waals surface area contributed by atoms with E-state index in [4.69, 9.17) is 0 Å². The molecule has 1 aromatic carbocycles. The fourth-order valence-electron chi connectivity index (χ4n) is 1.78. The average Bonchev–Trinajstić information content (AvgIpc) is 2.25. The van der Waals surface area contributed by atoms with Gasteiger partial charge in [-0.2, -0.15) is 0 Å². The molecule has 1 aliphatic rings. The zero-order valence-corrected chi connectivity index (χ0v) is 10.0. The topological polar surface area (TPSA) is 46.2 Å². The zero-order valence-electron chi connectivity index (χ0n) is 9.23. The van der Waals surface area contributed by atoms with Crippen molar-refractivity contribution >= 4 is 16.1 Å². The van der Waals surface area contributed by atoms with E-state index in [9.17, 15) is 8.42 Å². The second kappa shape index (κ2) is 4.29. The van der Waals surface area contributed by atoms with Gasteiger partial charge in [0.25, 0.3) is 10.0 Å². The van der Waals surface area contributed by atoms with Crippen LogP contribution in [0.4, 0.5) is 0 Å². The summed E-state index contributed by atoms with van der Waals surface area (Å²) in [5.41, 5.74) is 1.58. The van der Waals surface area contributed by atoms with Crippen molar-refractivity contribution < 1.29 is 8.42 Å². The fourth-order valence-corrected chi connectivity index (χ4v) is 3.09. The lowest BCUT2D eigenvalue weighted by atomic mass is 10.1. The molecule has 1 heterocycles. The molecule has 0 bridgehead atoms. The number of rotatable bonds is 3. The smallest absolute Gasteiger partial charge is 0.262 e. The molecule has 16 heavy (non-hydrogen) atoms. The Balaban J connectivity index is 2.40. The first-order chi connectivity index (χ1) is 7.63. The average molecular weight is 237 g/mol. The second-order valence-electron chi connectivity index (χ2n) is 3.92. The van der Waals surface area contributed by atoms with E-state index in [0.717, 1.165) is 30.5 Å². The highest BCUT2D eigenvalue weighted by Gasteiger charge is 2.22. The predicted molar refractivity (Wildman–Crippen MR) is 64.3 cm³/mol. The van der Waals surface area contributed by atoms with Gasteiger partial charge >= 0.3 is 0 Å². The number of fused-ring (bicyclic) bond motifs is 1. The van der Waals surface area contributed by atoms with E-state index in [1.807, 2.05) is 18.2 Å². The van der Waals surface area contributed by atoms with Crippen LogP contribution in [0.3, 0.4) is 0 Å². The SMILES string of the molecule is CCCCC1=Cc2ccccc2S(=O)(=O)N1. The summed E-state index contributed by atoms with van der Waals surface area (Å²) in [6.07, 6.45) is 4.76. The van der Waals surface area contributed by atoms with Crippen molar-refractivity contribution in [1.29, 1.82) is 0 Å². The van der Waals surface area contributed by atoms with Gasteiger partial charge in [-0.1, -0.05) is 31.5 Å². The van der Waals surface area contributed by atoms with Crippen LogP contribution in [0, 0.1) is 0 Å². The Bertz CT molecular complexity index is 518. The number of unbranched alkanes of at least 4 members (excludes halogenated alkanes) is 1. The molecule has 0 aliphatic carbocycles. The summed E-state index contributed by atoms with van der Waals surface area (Å²) < 4.78 is 26.4. The summed E-state index contributed by atoms with van der Waals surface area (Å²) in [6, 6.07) is 7.06. The van der Waals surface area contributed by atoms with Crippen LogP contribution in [0.2, 0.25) is 0 Å². The quantitative estimate of drug-likeness (QED) is 0.878. The van der Waals surface area contributed by atoms with Crippen LogP contribution in [0.25, 0.3) is 6.08 Å². The van der Waals surface area contributed by atoms with Gasteiger partial charge in [-0.15, -0.1) is 0 Å². The Morgan fingerprint density at radius 1 is 1.25 bits per heavy atom. The van der Waals surface area contributed by atoms with Crippen molar-refractivity contribution in [3.05, 3.63) is 35.5 Å². The summed E-state index contributed by atoms with van der Waals surface area (Å²) in [4.78, 5) is 0.371. The number of nitrogens with one attached hydrogen (secondary N) is 1. The first kappa shape index (κ1) is 11.2. The molecule has 1 aliphatic heterocycles. The molecule has 4 heteroatoms. The van der Waals surface area contributed by atoms with Crippen LogP contribution >= 0.6 is 0 Å². The molecule has 0 fully saturated rings. The normalized spacial score (nSPS) is 17.2. The minimum Gasteiger partial charge on any atom is -0.283 e. The maximum Gasteiger partial charge on any atom is 0.262 e. The van der Waals surface area contributed by atoms with Crippen LogP contribution in [-0.2, 0) is 10.0 Å². The second-order valence-corrected chi connectivity index (χ2v) is 5.57. The lowest BCUT2D eigenvalue weighted by Gasteiger charge is -2.18. The molecular weight excluding hydrogens is 222 g/mol. The third kappa shape index (κ3) is 2.11. The van der Waals surface area contributed by atoms with Crippen LogP contribution in [0.1, 0.15) is 31.7 Å². The highest BCUT2D eigenvalue weighted by atomic mass is 32.2. The Kier molecular flexibility index (Phi) is 3.01. The largest absolute Gasteiger partial charge is 0.283 e. The zero-order chi connectivity index (χ0) is 11.6. The number of benzene rings is 1. The van der Waals surface area contributed by atoms with E-state index in [1.165, 1.54) is 0 Å². The lowest BCUT2D eigenvalue weighted by molar-refractivity contribution is 0.584. The summed E-state index contributed by atoms with van der Waals surface area (Å²) in [5.74, 6) is 0. The Hall–Kier alpha value is -1.29. The first-order valence-electron chi connectivity index (χ1n) is 5.46. The summed E-state index contributed by atoms with van der Waals surface area (Å²) in [7, 11) is -3.34. The third-order valence-corrected chi connectivity index (χ3v) is 4.09. The Labute approximate surface area is 96.2 Å². The van der Waals surface area contributed by atoms with Crippen molar-refractivity contribution in [2.75, 3.05) is 0 Å². The first-order valence-corrected chi connectivity index (χ1v) is 6.94. The van der Waals surface area contributed by atoms with Gasteiger partial charge in [0.2, 0.25) is 0 Å². The van der Waals surface area contributed by atoms with Crippen molar-refractivity contribution in [3.63, 3.8) is 0 Å². The minimum atomic E-state index is -3.34. The number of allylic oxidation sites excluding steroid dienone is 1. The van der Waals surface area contributed by atoms with Crippen molar-refractivity contribution in [3.8, 4) is 0 Å². The van der Waals surface area contributed by atoms with Crippen LogP contribution in [0.5, 0.6) is 0 Å². The van der Waals surface area contributed by atoms with Gasteiger partial charge in [0, 0.05) is 5.70 Å². The predicted octanol–water partition coefficient (Wildman–Crippen LogP) is 2.51. The molecule has 1 N–H and O–H groups in total. The van der Waals surface area contributed by atoms with Gasteiger partial charge in [0.15, 0.2) is 0 Å². The molecule has 0 unspecified atom stereocenters. The summed E-state index contributed by atoms with van der Waals surface area (Å²) >= 11 is 0. The van der Waals surface area contributed by atoms with E-state index in [2.05, 4.69) is 11.6 Å². The van der Waals surface area contributed by atoms with Gasteiger partial charge in [0.1, 0.15) is 0 Å². The van der Waals surface area contributed by atoms with Gasteiger partial charge in [-0.05, 0) is 30.5 Å². The van der Waals surface area contributed by atoms with Crippen LogP contribution in [-0.4, -0.2) is 8.42 Å². The molecule has 86 valence electrons. The Morgan fingerprint density at radius 2 is 2.00 bits per heavy atom. The van der Waals surface area contributed by atoms with E-state index in [0.29, 0.717) is 4.90 Å². The minimum absolute atomic E-state index is 0.371. The van der Waals surface area contributed by atoms with Crippen molar-refractivity contribution in [2.45, 2.75) is 31.1 Å². The molecule has 0 amide bonds. The van der Waals surface area contributed by atoms with Gasteiger partial charge in [-0.25, -0.2) is 8.42 Å². The molecule has 3 nitrogen and oxygen atoms in total. The van der Waals surface area contributed by atoms with E-state index in [-0.39, 0.29) is 0 Å². The molecule has 0 atom stereocenters. The molecule has 1 aromatic rings. The van der Waals surface area contributed by atoms with Crippen LogP contribution < -0.4 is 4.72 Å². The molecule has 0 spiro atoms. The Morgan fingerprint density at radius 3 is 2.75 bits per heavy atom. The maximum absolute atomic E-state index is 11.9. The molecule has 0 aromatic heterocycles. The van der Waals surface area contributed by atoms with Crippen molar-refractivity contribution in [2.24, 2.45) is 0 Å². The van der Waals surface area contributed by atoms with Crippen LogP contribution in [0.15, 0.2) is 34.9 Å². The summed E-state index contributed by atoms with van der Waals surface area (Å²) in [6.45, 7) is 2.09. The maximum atomic E-state index is 11.9. The number of sulfonamides is 1. The van der Waals surface area contributed by atoms with Crippen molar-refractivity contribution in [1.82, 2.24) is 4.72 Å². The van der Waals surface area contributed by atoms with E-state index >= 15 is 0 Å². The van der Waals surface area contributed by atoms with Gasteiger partial charge in [-0.3, -0.25) is 4.72 Å². The monoisotopic (exact) mass is 237 g/mol. The van der Waals surface area contributed by atoms with Gasteiger partial charge < -0.3 is 0 Å². The third-order valence-electron chi connectivity index (χ3n) is 2.60. The highest BCUT2D eigenvalue weighted by Crippen LogP contribution is 2.25. The lowest BCUT2D eigenvalue weighted by Crippen LogP contribution is -2.26. The van der Waals surface area contributed by atoms with E-state index in [1.54, 1.807) is 12.1 Å². The number of hydrogen-bond acceptors (Lipinski definition) is 2. The fraction of sp³-hybridized carbons (Fsp3) is 0.333. The molecule has 0 saturated heterocycles. The molecule has 0 radical (unpaired) electrons.